The molecule has 1 rings (SSSR count). The third-order valence-corrected chi connectivity index (χ3v) is 4.97. The first-order valence-corrected chi connectivity index (χ1v) is 5.21. The van der Waals surface area contributed by atoms with Crippen LogP contribution in [0.25, 0.3) is 0 Å². The minimum atomic E-state index is 0.0833. The van der Waals surface area contributed by atoms with E-state index in [0.29, 0.717) is 0 Å². The molecule has 1 saturated heterocycles. The monoisotopic (exact) mass is 143 g/mol. The van der Waals surface area contributed by atoms with Gasteiger partial charge in [-0.2, -0.15) is 19.0 Å². The third-order valence-electron chi connectivity index (χ3n) is 2.83. The fourth-order valence-corrected chi connectivity index (χ4v) is 3.44. The molecule has 0 saturated carbocycles. The van der Waals surface area contributed by atoms with E-state index < -0.39 is 0 Å². The highest BCUT2D eigenvalue weighted by molar-refractivity contribution is 8.29. The molecule has 0 atom stereocenters. The van der Waals surface area contributed by atoms with Crippen molar-refractivity contribution in [2.45, 2.75) is 39.2 Å². The summed E-state index contributed by atoms with van der Waals surface area (Å²) in [5, 5.41) is 0. The van der Waals surface area contributed by atoms with Gasteiger partial charge in [-0.15, -0.1) is 0 Å². The number of hydrogen-bond donors (Lipinski definition) is 0. The smallest absolute Gasteiger partial charge is 0.0535 e. The second-order valence-electron chi connectivity index (χ2n) is 3.20. The quantitative estimate of drug-likeness (QED) is 0.535. The van der Waals surface area contributed by atoms with Crippen LogP contribution < -0.4 is 0 Å². The first-order chi connectivity index (χ1) is 4.33. The second kappa shape index (κ2) is 3.00. The zero-order valence-corrected chi connectivity index (χ0v) is 7.34. The summed E-state index contributed by atoms with van der Waals surface area (Å²) in [5.41, 5.74) is 0.0833. The first kappa shape index (κ1) is 7.52. The molecule has 0 N–H and O–H groups in total. The van der Waals surface area contributed by atoms with Crippen LogP contribution in [0.3, 0.4) is 0 Å². The molecule has 9 heavy (non-hydrogen) atoms. The fraction of sp³-hybridized carbons (Fsp3) is 1.00. The van der Waals surface area contributed by atoms with Crippen LogP contribution in [-0.2, 0) is 0 Å². The van der Waals surface area contributed by atoms with E-state index in [0.717, 1.165) is 0 Å². The van der Waals surface area contributed by atoms with E-state index in [1.54, 1.807) is 0 Å². The van der Waals surface area contributed by atoms with Crippen LogP contribution in [0.5, 0.6) is 0 Å². The van der Waals surface area contributed by atoms with Crippen molar-refractivity contribution in [1.82, 2.24) is 0 Å². The Bertz CT molecular complexity index is 80.9. The molecule has 54 valence electrons. The SMILES string of the molecule is CC[B-]1(CC)CCCS1. The summed E-state index contributed by atoms with van der Waals surface area (Å²) in [6, 6.07) is 0. The lowest BCUT2D eigenvalue weighted by atomic mass is 9.41. The van der Waals surface area contributed by atoms with Gasteiger partial charge in [0, 0.05) is 0 Å². The van der Waals surface area contributed by atoms with Crippen LogP contribution in [0.4, 0.5) is 0 Å². The molecule has 0 nitrogen and oxygen atoms in total. The van der Waals surface area contributed by atoms with E-state index in [1.807, 2.05) is 0 Å². The molecule has 1 aliphatic heterocycles. The molecule has 0 aromatic heterocycles. The maximum Gasteiger partial charge on any atom is 0.0535 e. The van der Waals surface area contributed by atoms with Crippen molar-refractivity contribution in [3.63, 3.8) is 0 Å². The van der Waals surface area contributed by atoms with Gasteiger partial charge in [-0.1, -0.05) is 20.3 Å². The van der Waals surface area contributed by atoms with Crippen LogP contribution >= 0.6 is 11.6 Å². The summed E-state index contributed by atoms with van der Waals surface area (Å²) in [6.45, 7) is 4.70. The normalized spacial score (nSPS) is 24.7. The van der Waals surface area contributed by atoms with Gasteiger partial charge in [0.1, 0.15) is 0 Å². The van der Waals surface area contributed by atoms with Crippen LogP contribution in [0.2, 0.25) is 19.0 Å². The lowest BCUT2D eigenvalue weighted by molar-refractivity contribution is 1.07. The van der Waals surface area contributed by atoms with Crippen molar-refractivity contribution in [1.29, 1.82) is 0 Å². The standard InChI is InChI=1S/C7H16BS/c1-3-8(4-2)6-5-7-9-8/h3-7H2,1-2H3/q-1. The molecule has 2 heteroatoms. The maximum absolute atomic E-state index is 2.35. The summed E-state index contributed by atoms with van der Waals surface area (Å²) in [4.78, 5) is 0. The highest BCUT2D eigenvalue weighted by Crippen LogP contribution is 2.40. The largest absolute Gasteiger partial charge is 0.375 e. The molecule has 0 spiro atoms. The molecular formula is C7H16BS-. The Labute approximate surface area is 62.6 Å². The summed E-state index contributed by atoms with van der Waals surface area (Å²) in [5.74, 6) is 1.43. The molecule has 1 aliphatic rings. The van der Waals surface area contributed by atoms with Gasteiger partial charge in [0.25, 0.3) is 0 Å². The van der Waals surface area contributed by atoms with Gasteiger partial charge in [-0.25, -0.2) is 0 Å². The van der Waals surface area contributed by atoms with Crippen LogP contribution in [0.15, 0.2) is 0 Å². The van der Waals surface area contributed by atoms with Crippen molar-refractivity contribution in [3.8, 4) is 0 Å². The Morgan fingerprint density at radius 2 is 2.00 bits per heavy atom. The van der Waals surface area contributed by atoms with Crippen molar-refractivity contribution >= 4 is 17.0 Å². The van der Waals surface area contributed by atoms with Gasteiger partial charge in [0.15, 0.2) is 0 Å². The Morgan fingerprint density at radius 3 is 2.22 bits per heavy atom. The fourth-order valence-electron chi connectivity index (χ4n) is 1.80. The summed E-state index contributed by atoms with van der Waals surface area (Å²) < 4.78 is 0. The molecule has 0 amide bonds. The van der Waals surface area contributed by atoms with Crippen molar-refractivity contribution in [2.75, 3.05) is 5.75 Å². The molecule has 0 unspecified atom stereocenters. The van der Waals surface area contributed by atoms with Gasteiger partial charge in [0.05, 0.1) is 5.42 Å². The average Bonchev–Trinajstić information content (AvgIpc) is 2.36. The van der Waals surface area contributed by atoms with E-state index in [9.17, 15) is 0 Å². The van der Waals surface area contributed by atoms with Crippen LogP contribution in [-0.4, -0.2) is 11.2 Å². The van der Waals surface area contributed by atoms with Gasteiger partial charge in [-0.05, 0) is 5.75 Å². The minimum absolute atomic E-state index is 0.0833. The van der Waals surface area contributed by atoms with Gasteiger partial charge in [-0.3, -0.25) is 0 Å². The van der Waals surface area contributed by atoms with E-state index in [2.05, 4.69) is 25.5 Å². The Kier molecular flexibility index (Phi) is 2.51. The second-order valence-corrected chi connectivity index (χ2v) is 4.94. The highest BCUT2D eigenvalue weighted by atomic mass is 32.2. The highest BCUT2D eigenvalue weighted by Gasteiger charge is 2.23. The van der Waals surface area contributed by atoms with Gasteiger partial charge < -0.3 is 11.6 Å². The van der Waals surface area contributed by atoms with Crippen LogP contribution in [0, 0.1) is 0 Å². The maximum atomic E-state index is 2.35. The molecule has 0 aromatic carbocycles. The summed E-state index contributed by atoms with van der Waals surface area (Å²) in [7, 11) is 0. The third kappa shape index (κ3) is 1.46. The van der Waals surface area contributed by atoms with Crippen molar-refractivity contribution in [3.05, 3.63) is 0 Å². The lowest BCUT2D eigenvalue weighted by Gasteiger charge is -2.30. The minimum Gasteiger partial charge on any atom is -0.375 e. The Balaban J connectivity index is 2.45. The Hall–Kier alpha value is 0.415. The molecule has 0 bridgehead atoms. The molecular weight excluding hydrogens is 127 g/mol. The number of rotatable bonds is 2. The average molecular weight is 143 g/mol. The molecule has 1 heterocycles. The predicted molar refractivity (Wildman–Crippen MR) is 48.6 cm³/mol. The van der Waals surface area contributed by atoms with Gasteiger partial charge in [0.2, 0.25) is 0 Å². The van der Waals surface area contributed by atoms with E-state index in [4.69, 9.17) is 0 Å². The van der Waals surface area contributed by atoms with Crippen LogP contribution in [0.1, 0.15) is 20.3 Å². The summed E-state index contributed by atoms with van der Waals surface area (Å²) in [6.07, 6.45) is 5.87. The van der Waals surface area contributed by atoms with E-state index in [-0.39, 0.29) is 5.42 Å². The molecule has 0 aliphatic carbocycles. The molecule has 0 radical (unpaired) electrons. The van der Waals surface area contributed by atoms with Gasteiger partial charge >= 0.3 is 0 Å². The van der Waals surface area contributed by atoms with Crippen molar-refractivity contribution in [2.24, 2.45) is 0 Å². The Morgan fingerprint density at radius 1 is 1.33 bits per heavy atom. The van der Waals surface area contributed by atoms with Crippen molar-refractivity contribution < 1.29 is 0 Å². The molecule has 0 aromatic rings. The van der Waals surface area contributed by atoms with E-state index in [1.165, 1.54) is 31.1 Å². The number of hydrogen-bond acceptors (Lipinski definition) is 1. The first-order valence-electron chi connectivity index (χ1n) is 4.16. The zero-order chi connectivity index (χ0) is 6.74. The lowest BCUT2D eigenvalue weighted by Crippen LogP contribution is -2.23. The topological polar surface area (TPSA) is 0 Å². The summed E-state index contributed by atoms with van der Waals surface area (Å²) >= 11 is 2.25. The predicted octanol–water partition coefficient (Wildman–Crippen LogP) is 3.11. The molecule has 1 fully saturated rings. The zero-order valence-electron chi connectivity index (χ0n) is 6.52. The van der Waals surface area contributed by atoms with E-state index >= 15 is 0 Å².